The quantitative estimate of drug-likeness (QED) is 0.594. The number of hydrogen-bond donors (Lipinski definition) is 1. The molecule has 1 aliphatic carbocycles. The van der Waals surface area contributed by atoms with Crippen molar-refractivity contribution in [2.45, 2.75) is 44.6 Å². The Bertz CT molecular complexity index is 406. The minimum atomic E-state index is -3.12. The number of sulfonamides is 1. The first-order valence-electron chi connectivity index (χ1n) is 8.63. The van der Waals surface area contributed by atoms with Crippen LogP contribution in [0.15, 0.2) is 0 Å². The van der Waals surface area contributed by atoms with Crippen molar-refractivity contribution in [1.82, 2.24) is 9.21 Å². The number of hydrogen-bond acceptors (Lipinski definition) is 5. The maximum atomic E-state index is 12.6. The van der Waals surface area contributed by atoms with Gasteiger partial charge < -0.3 is 10.5 Å². The van der Waals surface area contributed by atoms with Gasteiger partial charge in [-0.2, -0.15) is 4.31 Å². The molecule has 2 rings (SSSR count). The third-order valence-electron chi connectivity index (χ3n) is 4.65. The molecule has 2 fully saturated rings. The van der Waals surface area contributed by atoms with Crippen LogP contribution in [0.2, 0.25) is 0 Å². The van der Waals surface area contributed by atoms with E-state index in [-0.39, 0.29) is 11.8 Å². The summed E-state index contributed by atoms with van der Waals surface area (Å²) in [5, 5.41) is 0. The molecule has 0 bridgehead atoms. The Morgan fingerprint density at radius 2 is 1.86 bits per heavy atom. The highest BCUT2D eigenvalue weighted by atomic mass is 32.2. The van der Waals surface area contributed by atoms with Crippen LogP contribution in [-0.2, 0) is 14.8 Å². The Balaban J connectivity index is 1.80. The van der Waals surface area contributed by atoms with Gasteiger partial charge in [0.15, 0.2) is 0 Å². The zero-order valence-electron chi connectivity index (χ0n) is 13.6. The molecule has 0 amide bonds. The smallest absolute Gasteiger partial charge is 0.214 e. The molecule has 130 valence electrons. The van der Waals surface area contributed by atoms with Crippen LogP contribution >= 0.6 is 0 Å². The lowest BCUT2D eigenvalue weighted by molar-refractivity contribution is 0.0363. The van der Waals surface area contributed by atoms with Crippen LogP contribution in [0.3, 0.4) is 0 Å². The van der Waals surface area contributed by atoms with Crippen molar-refractivity contribution in [2.75, 3.05) is 51.7 Å². The SMILES string of the molecule is NCCCCS(=O)(=O)N(CCCN1CCOCC1)C1CCC1. The molecule has 0 atom stereocenters. The summed E-state index contributed by atoms with van der Waals surface area (Å²) in [6.45, 7) is 5.71. The topological polar surface area (TPSA) is 75.9 Å². The Morgan fingerprint density at radius 3 is 2.45 bits per heavy atom. The van der Waals surface area contributed by atoms with Gasteiger partial charge in [-0.25, -0.2) is 8.42 Å². The molecule has 0 spiro atoms. The zero-order chi connectivity index (χ0) is 15.8. The van der Waals surface area contributed by atoms with Crippen LogP contribution in [0, 0.1) is 0 Å². The lowest BCUT2D eigenvalue weighted by Crippen LogP contribution is -2.46. The average molecular weight is 333 g/mol. The van der Waals surface area contributed by atoms with Gasteiger partial charge in [-0.05, 0) is 45.2 Å². The van der Waals surface area contributed by atoms with E-state index in [1.165, 1.54) is 0 Å². The van der Waals surface area contributed by atoms with Crippen LogP contribution in [0.4, 0.5) is 0 Å². The highest BCUT2D eigenvalue weighted by molar-refractivity contribution is 7.89. The Kier molecular flexibility index (Phi) is 7.56. The molecule has 1 aliphatic heterocycles. The normalized spacial score (nSPS) is 21.2. The number of rotatable bonds is 10. The molecule has 1 heterocycles. The monoisotopic (exact) mass is 333 g/mol. The van der Waals surface area contributed by atoms with Crippen molar-refractivity contribution in [3.05, 3.63) is 0 Å². The molecule has 2 N–H and O–H groups in total. The van der Waals surface area contributed by atoms with E-state index < -0.39 is 10.0 Å². The second-order valence-electron chi connectivity index (χ2n) is 6.31. The molecule has 0 aromatic rings. The molecule has 22 heavy (non-hydrogen) atoms. The van der Waals surface area contributed by atoms with Gasteiger partial charge >= 0.3 is 0 Å². The largest absolute Gasteiger partial charge is 0.379 e. The second kappa shape index (κ2) is 9.17. The highest BCUT2D eigenvalue weighted by Crippen LogP contribution is 2.27. The number of morpholine rings is 1. The Labute approximate surface area is 135 Å². The van der Waals surface area contributed by atoms with E-state index in [4.69, 9.17) is 10.5 Å². The molecule has 0 aromatic carbocycles. The molecule has 1 saturated heterocycles. The van der Waals surface area contributed by atoms with Crippen LogP contribution in [-0.4, -0.2) is 75.4 Å². The molecule has 2 aliphatic rings. The van der Waals surface area contributed by atoms with Gasteiger partial charge in [-0.1, -0.05) is 6.42 Å². The third-order valence-corrected chi connectivity index (χ3v) is 6.65. The summed E-state index contributed by atoms with van der Waals surface area (Å²) in [5.74, 6) is 0.248. The van der Waals surface area contributed by atoms with E-state index in [1.54, 1.807) is 4.31 Å². The van der Waals surface area contributed by atoms with Gasteiger partial charge in [-0.3, -0.25) is 4.90 Å². The first kappa shape index (κ1) is 18.1. The fourth-order valence-corrected chi connectivity index (χ4v) is 4.92. The standard InChI is InChI=1S/C15H31N3O3S/c16-7-1-2-14-22(19,20)18(15-5-3-6-15)9-4-8-17-10-12-21-13-11-17/h15H,1-14,16H2. The highest BCUT2D eigenvalue weighted by Gasteiger charge is 2.33. The first-order chi connectivity index (χ1) is 10.6. The van der Waals surface area contributed by atoms with Gasteiger partial charge in [0.1, 0.15) is 0 Å². The first-order valence-corrected chi connectivity index (χ1v) is 10.2. The number of unbranched alkanes of at least 4 members (excludes halogenated alkanes) is 1. The summed E-state index contributed by atoms with van der Waals surface area (Å²) < 4.78 is 32.3. The van der Waals surface area contributed by atoms with Crippen molar-refractivity contribution >= 4 is 10.0 Å². The Morgan fingerprint density at radius 1 is 1.14 bits per heavy atom. The maximum Gasteiger partial charge on any atom is 0.214 e. The maximum absolute atomic E-state index is 12.6. The van der Waals surface area contributed by atoms with Crippen LogP contribution in [0.5, 0.6) is 0 Å². The number of nitrogens with two attached hydrogens (primary N) is 1. The summed E-state index contributed by atoms with van der Waals surface area (Å²) in [4.78, 5) is 2.36. The van der Waals surface area contributed by atoms with E-state index >= 15 is 0 Å². The molecule has 0 radical (unpaired) electrons. The van der Waals surface area contributed by atoms with Gasteiger partial charge in [0.05, 0.1) is 19.0 Å². The third kappa shape index (κ3) is 5.45. The second-order valence-corrected chi connectivity index (χ2v) is 8.36. The zero-order valence-corrected chi connectivity index (χ0v) is 14.4. The van der Waals surface area contributed by atoms with Crippen molar-refractivity contribution < 1.29 is 13.2 Å². The fraction of sp³-hybridized carbons (Fsp3) is 1.00. The minimum absolute atomic E-state index is 0.243. The van der Waals surface area contributed by atoms with Gasteiger partial charge in [0.2, 0.25) is 10.0 Å². The predicted molar refractivity (Wildman–Crippen MR) is 88.3 cm³/mol. The van der Waals surface area contributed by atoms with E-state index in [0.717, 1.165) is 65.0 Å². The van der Waals surface area contributed by atoms with E-state index in [1.807, 2.05) is 0 Å². The summed E-state index contributed by atoms with van der Waals surface area (Å²) in [5.41, 5.74) is 5.47. The molecule has 1 saturated carbocycles. The van der Waals surface area contributed by atoms with E-state index in [9.17, 15) is 8.42 Å². The summed E-state index contributed by atoms with van der Waals surface area (Å²) in [7, 11) is -3.12. The van der Waals surface area contributed by atoms with Crippen molar-refractivity contribution in [3.8, 4) is 0 Å². The van der Waals surface area contributed by atoms with Crippen LogP contribution < -0.4 is 5.73 Å². The number of ether oxygens (including phenoxy) is 1. The summed E-state index contributed by atoms with van der Waals surface area (Å²) in [6, 6.07) is 0.243. The van der Waals surface area contributed by atoms with Gasteiger partial charge in [-0.15, -0.1) is 0 Å². The molecule has 0 aromatic heterocycles. The van der Waals surface area contributed by atoms with Crippen molar-refractivity contribution in [3.63, 3.8) is 0 Å². The molecule has 6 nitrogen and oxygen atoms in total. The molecule has 7 heteroatoms. The lowest BCUT2D eigenvalue weighted by Gasteiger charge is -2.37. The molecular formula is C15H31N3O3S. The van der Waals surface area contributed by atoms with Gasteiger partial charge in [0.25, 0.3) is 0 Å². The average Bonchev–Trinajstić information content (AvgIpc) is 2.45. The Hall–Kier alpha value is -0.210. The lowest BCUT2D eigenvalue weighted by atomic mass is 9.93. The molecule has 0 unspecified atom stereocenters. The van der Waals surface area contributed by atoms with Crippen molar-refractivity contribution in [1.29, 1.82) is 0 Å². The van der Waals surface area contributed by atoms with Gasteiger partial charge in [0, 0.05) is 25.7 Å². The minimum Gasteiger partial charge on any atom is -0.379 e. The van der Waals surface area contributed by atoms with Crippen LogP contribution in [0.1, 0.15) is 38.5 Å². The van der Waals surface area contributed by atoms with Crippen LogP contribution in [0.25, 0.3) is 0 Å². The predicted octanol–water partition coefficient (Wildman–Crippen LogP) is 0.632. The fourth-order valence-electron chi connectivity index (χ4n) is 3.04. The van der Waals surface area contributed by atoms with E-state index in [0.29, 0.717) is 19.5 Å². The summed E-state index contributed by atoms with van der Waals surface area (Å²) >= 11 is 0. The van der Waals surface area contributed by atoms with E-state index in [2.05, 4.69) is 4.90 Å². The van der Waals surface area contributed by atoms with Crippen molar-refractivity contribution in [2.24, 2.45) is 5.73 Å². The number of nitrogens with zero attached hydrogens (tertiary/aromatic N) is 2. The summed E-state index contributed by atoms with van der Waals surface area (Å²) in [6.07, 6.45) is 5.56. The molecular weight excluding hydrogens is 302 g/mol.